The van der Waals surface area contributed by atoms with Crippen LogP contribution in [0.25, 0.3) is 0 Å². The number of hydrogen-bond acceptors (Lipinski definition) is 4. The number of hydrogen-bond donors (Lipinski definition) is 2. The number of nitrogens with one attached hydrogen (secondary N) is 2. The molecule has 116 valence electrons. The van der Waals surface area contributed by atoms with Crippen LogP contribution in [0.5, 0.6) is 5.75 Å². The minimum atomic E-state index is -0.130. The Labute approximate surface area is 133 Å². The average Bonchev–Trinajstić information content (AvgIpc) is 2.53. The first-order valence-electron chi connectivity index (χ1n) is 7.15. The summed E-state index contributed by atoms with van der Waals surface area (Å²) < 4.78 is 11.6. The van der Waals surface area contributed by atoms with Crippen molar-refractivity contribution >= 4 is 21.8 Å². The van der Waals surface area contributed by atoms with Gasteiger partial charge in [-0.3, -0.25) is 4.79 Å². The Bertz CT molecular complexity index is 476. The van der Waals surface area contributed by atoms with Gasteiger partial charge in [0.05, 0.1) is 25.4 Å². The van der Waals surface area contributed by atoms with E-state index in [9.17, 15) is 4.79 Å². The van der Waals surface area contributed by atoms with Gasteiger partial charge in [0.15, 0.2) is 0 Å². The number of rotatable bonds is 6. The van der Waals surface area contributed by atoms with Crippen molar-refractivity contribution in [3.63, 3.8) is 0 Å². The van der Waals surface area contributed by atoms with Gasteiger partial charge < -0.3 is 20.1 Å². The molecule has 1 saturated heterocycles. The monoisotopic (exact) mass is 356 g/mol. The first kappa shape index (κ1) is 16.3. The molecule has 0 spiro atoms. The zero-order chi connectivity index (χ0) is 15.1. The Balaban J connectivity index is 1.76. The first-order chi connectivity index (χ1) is 10.2. The fourth-order valence-electron chi connectivity index (χ4n) is 2.25. The molecule has 1 aromatic rings. The zero-order valence-corrected chi connectivity index (χ0v) is 13.7. The summed E-state index contributed by atoms with van der Waals surface area (Å²) >= 11 is 3.38. The Kier molecular flexibility index (Phi) is 6.48. The van der Waals surface area contributed by atoms with Crippen LogP contribution in [-0.4, -0.2) is 45.4 Å². The van der Waals surface area contributed by atoms with E-state index in [1.54, 1.807) is 25.3 Å². The lowest BCUT2D eigenvalue weighted by molar-refractivity contribution is 0.0343. The van der Waals surface area contributed by atoms with Crippen LogP contribution >= 0.6 is 15.9 Å². The molecular weight excluding hydrogens is 336 g/mol. The van der Waals surface area contributed by atoms with Crippen LogP contribution in [0.15, 0.2) is 22.7 Å². The van der Waals surface area contributed by atoms with Crippen molar-refractivity contribution in [2.75, 3.05) is 33.4 Å². The van der Waals surface area contributed by atoms with Gasteiger partial charge in [-0.05, 0) is 60.1 Å². The van der Waals surface area contributed by atoms with E-state index >= 15 is 0 Å². The fourth-order valence-corrected chi connectivity index (χ4v) is 2.68. The molecule has 1 fully saturated rings. The van der Waals surface area contributed by atoms with Crippen LogP contribution in [0, 0.1) is 0 Å². The lowest BCUT2D eigenvalue weighted by atomic mass is 10.1. The van der Waals surface area contributed by atoms with Crippen LogP contribution < -0.4 is 15.4 Å². The molecule has 21 heavy (non-hydrogen) atoms. The van der Waals surface area contributed by atoms with Crippen LogP contribution in [0.3, 0.4) is 0 Å². The maximum Gasteiger partial charge on any atom is 0.252 e. The predicted octanol–water partition coefficient (Wildman–Crippen LogP) is 1.96. The van der Waals surface area contributed by atoms with Gasteiger partial charge in [0.2, 0.25) is 0 Å². The van der Waals surface area contributed by atoms with Crippen LogP contribution in [0.1, 0.15) is 23.2 Å². The molecule has 5 nitrogen and oxygen atoms in total. The number of carbonyl (C=O) groups is 1. The molecule has 0 bridgehead atoms. The molecule has 0 radical (unpaired) electrons. The summed E-state index contributed by atoms with van der Waals surface area (Å²) in [5.41, 5.74) is 0.566. The molecule has 1 aliphatic heterocycles. The van der Waals surface area contributed by atoms with Crippen molar-refractivity contribution in [1.82, 2.24) is 10.6 Å². The lowest BCUT2D eigenvalue weighted by Crippen LogP contribution is -2.34. The van der Waals surface area contributed by atoms with Gasteiger partial charge in [0.1, 0.15) is 5.75 Å². The van der Waals surface area contributed by atoms with E-state index in [0.717, 1.165) is 30.4 Å². The third kappa shape index (κ3) is 4.98. The highest BCUT2D eigenvalue weighted by Crippen LogP contribution is 2.22. The lowest BCUT2D eigenvalue weighted by Gasteiger charge is -2.22. The number of ether oxygens (including phenoxy) is 2. The topological polar surface area (TPSA) is 59.6 Å². The largest absolute Gasteiger partial charge is 0.497 e. The highest BCUT2D eigenvalue weighted by Gasteiger charge is 2.14. The van der Waals surface area contributed by atoms with Crippen LogP contribution in [0.2, 0.25) is 0 Å². The quantitative estimate of drug-likeness (QED) is 0.765. The van der Waals surface area contributed by atoms with Crippen molar-refractivity contribution in [2.45, 2.75) is 18.9 Å². The highest BCUT2D eigenvalue weighted by molar-refractivity contribution is 9.10. The van der Waals surface area contributed by atoms with Crippen molar-refractivity contribution in [3.05, 3.63) is 28.2 Å². The molecule has 0 atom stereocenters. The Hall–Kier alpha value is -1.11. The molecule has 1 aliphatic rings. The standard InChI is InChI=1S/C15H21BrN2O3/c1-20-12-2-3-14(16)13(10-12)15(19)18-8-9-21-11-4-6-17-7-5-11/h2-3,10-11,17H,4-9H2,1H3,(H,18,19). The Morgan fingerprint density at radius 3 is 2.90 bits per heavy atom. The number of methoxy groups -OCH3 is 1. The zero-order valence-electron chi connectivity index (χ0n) is 12.2. The maximum atomic E-state index is 12.1. The maximum absolute atomic E-state index is 12.1. The fraction of sp³-hybridized carbons (Fsp3) is 0.533. The van der Waals surface area contributed by atoms with Crippen molar-refractivity contribution in [1.29, 1.82) is 0 Å². The average molecular weight is 357 g/mol. The summed E-state index contributed by atoms with van der Waals surface area (Å²) in [6.07, 6.45) is 2.39. The van der Waals surface area contributed by atoms with Gasteiger partial charge in [0.25, 0.3) is 5.91 Å². The SMILES string of the molecule is COc1ccc(Br)c(C(=O)NCCOC2CCNCC2)c1. The van der Waals surface area contributed by atoms with Gasteiger partial charge in [-0.1, -0.05) is 0 Å². The summed E-state index contributed by atoms with van der Waals surface area (Å²) in [7, 11) is 1.58. The number of benzene rings is 1. The van der Waals surface area contributed by atoms with Crippen LogP contribution in [0.4, 0.5) is 0 Å². The molecule has 1 heterocycles. The van der Waals surface area contributed by atoms with Gasteiger partial charge in [-0.25, -0.2) is 0 Å². The first-order valence-corrected chi connectivity index (χ1v) is 7.94. The van der Waals surface area contributed by atoms with Crippen molar-refractivity contribution < 1.29 is 14.3 Å². The minimum absolute atomic E-state index is 0.130. The van der Waals surface area contributed by atoms with E-state index in [-0.39, 0.29) is 5.91 Å². The van der Waals surface area contributed by atoms with Crippen molar-refractivity contribution in [2.24, 2.45) is 0 Å². The molecule has 1 amide bonds. The third-order valence-electron chi connectivity index (χ3n) is 3.45. The summed E-state index contributed by atoms with van der Waals surface area (Å²) in [6.45, 7) is 3.06. The Morgan fingerprint density at radius 2 is 2.19 bits per heavy atom. The van der Waals surface area contributed by atoms with E-state index in [1.165, 1.54) is 0 Å². The molecule has 0 saturated carbocycles. The van der Waals surface area contributed by atoms with E-state index in [1.807, 2.05) is 0 Å². The van der Waals surface area contributed by atoms with Gasteiger partial charge in [-0.15, -0.1) is 0 Å². The number of piperidine rings is 1. The highest BCUT2D eigenvalue weighted by atomic mass is 79.9. The molecule has 6 heteroatoms. The van der Waals surface area contributed by atoms with Gasteiger partial charge in [-0.2, -0.15) is 0 Å². The van der Waals surface area contributed by atoms with Gasteiger partial charge in [0, 0.05) is 11.0 Å². The smallest absolute Gasteiger partial charge is 0.252 e. The summed E-state index contributed by atoms with van der Waals surface area (Å²) in [5, 5.41) is 6.16. The van der Waals surface area contributed by atoms with E-state index in [4.69, 9.17) is 9.47 Å². The second-order valence-electron chi connectivity index (χ2n) is 4.92. The minimum Gasteiger partial charge on any atom is -0.497 e. The molecular formula is C15H21BrN2O3. The number of halogens is 1. The van der Waals surface area contributed by atoms with Crippen LogP contribution in [-0.2, 0) is 4.74 Å². The van der Waals surface area contributed by atoms with E-state index in [2.05, 4.69) is 26.6 Å². The molecule has 0 aliphatic carbocycles. The summed E-state index contributed by atoms with van der Waals surface area (Å²) in [5.74, 6) is 0.531. The second-order valence-corrected chi connectivity index (χ2v) is 5.78. The summed E-state index contributed by atoms with van der Waals surface area (Å²) in [6, 6.07) is 5.33. The van der Waals surface area contributed by atoms with Gasteiger partial charge >= 0.3 is 0 Å². The summed E-state index contributed by atoms with van der Waals surface area (Å²) in [4.78, 5) is 12.1. The molecule has 0 unspecified atom stereocenters. The number of amides is 1. The molecule has 2 N–H and O–H groups in total. The van der Waals surface area contributed by atoms with E-state index in [0.29, 0.717) is 30.6 Å². The predicted molar refractivity (Wildman–Crippen MR) is 84.9 cm³/mol. The second kappa shape index (κ2) is 8.36. The molecule has 2 rings (SSSR count). The third-order valence-corrected chi connectivity index (χ3v) is 4.14. The normalized spacial score (nSPS) is 15.7. The number of carbonyl (C=O) groups excluding carboxylic acids is 1. The molecule has 1 aromatic carbocycles. The van der Waals surface area contributed by atoms with Crippen molar-refractivity contribution in [3.8, 4) is 5.75 Å². The van der Waals surface area contributed by atoms with E-state index < -0.39 is 0 Å². The molecule has 0 aromatic heterocycles. The Morgan fingerprint density at radius 1 is 1.43 bits per heavy atom.